The van der Waals surface area contributed by atoms with Crippen molar-refractivity contribution in [2.45, 2.75) is 13.0 Å². The van der Waals surface area contributed by atoms with E-state index in [9.17, 15) is 0 Å². The van der Waals surface area contributed by atoms with Crippen LogP contribution in [0.1, 0.15) is 24.2 Å². The molecule has 3 N–H and O–H groups in total. The van der Waals surface area contributed by atoms with Crippen LogP contribution < -0.4 is 11.1 Å². The Hall–Kier alpha value is -1.46. The number of rotatable bonds is 4. The van der Waals surface area contributed by atoms with E-state index in [0.717, 1.165) is 10.2 Å². The molecule has 0 saturated carbocycles. The third kappa shape index (κ3) is 3.75. The van der Waals surface area contributed by atoms with E-state index in [0.29, 0.717) is 10.7 Å². The molecular weight excluding hydrogens is 322 g/mol. The smallest absolute Gasteiger partial charge is 0.122 e. The molecule has 3 nitrogen and oxygen atoms in total. The summed E-state index contributed by atoms with van der Waals surface area (Å²) in [6.45, 7) is 2.10. The first-order valence-corrected chi connectivity index (χ1v) is 7.04. The maximum absolute atomic E-state index is 5.58. The average molecular weight is 336 g/mol. The highest BCUT2D eigenvalue weighted by Gasteiger charge is 2.07. The maximum Gasteiger partial charge on any atom is 0.122 e. The predicted octanol–water partition coefficient (Wildman–Crippen LogP) is 3.65. The summed E-state index contributed by atoms with van der Waals surface area (Å²) in [6, 6.07) is 12.1. The van der Waals surface area contributed by atoms with Crippen molar-refractivity contribution in [2.24, 2.45) is 5.73 Å². The molecule has 2 rings (SSSR count). The second kappa shape index (κ2) is 6.12. The van der Waals surface area contributed by atoms with Gasteiger partial charge in [0.1, 0.15) is 4.99 Å². The molecule has 0 aliphatic carbocycles. The van der Waals surface area contributed by atoms with Crippen LogP contribution in [-0.2, 0) is 0 Å². The Bertz CT molecular complexity index is 601. The number of anilines is 1. The summed E-state index contributed by atoms with van der Waals surface area (Å²) in [5, 5.41) is 3.40. The number of benzene rings is 1. The Morgan fingerprint density at radius 1 is 1.37 bits per heavy atom. The summed E-state index contributed by atoms with van der Waals surface area (Å²) < 4.78 is 1.07. The topological polar surface area (TPSA) is 50.9 Å². The van der Waals surface area contributed by atoms with E-state index in [1.165, 1.54) is 5.56 Å². The maximum atomic E-state index is 5.58. The van der Waals surface area contributed by atoms with Crippen LogP contribution in [0, 0.1) is 0 Å². The van der Waals surface area contributed by atoms with Gasteiger partial charge in [-0.1, -0.05) is 40.3 Å². The molecule has 0 fully saturated rings. The molecule has 2 aromatic rings. The number of pyridine rings is 1. The van der Waals surface area contributed by atoms with Crippen molar-refractivity contribution in [3.8, 4) is 0 Å². The van der Waals surface area contributed by atoms with Gasteiger partial charge in [-0.25, -0.2) is 0 Å². The lowest BCUT2D eigenvalue weighted by Crippen LogP contribution is -2.13. The van der Waals surface area contributed by atoms with Crippen LogP contribution >= 0.6 is 28.1 Å². The van der Waals surface area contributed by atoms with Crippen LogP contribution in [0.4, 0.5) is 5.69 Å². The van der Waals surface area contributed by atoms with Crippen LogP contribution in [0.25, 0.3) is 0 Å². The molecule has 0 radical (unpaired) electrons. The highest BCUT2D eigenvalue weighted by atomic mass is 79.9. The SMILES string of the molecule is CC(Nc1ccnc(C(N)=S)c1)c1cccc(Br)c1. The van der Waals surface area contributed by atoms with Crippen LogP contribution in [0.15, 0.2) is 47.1 Å². The fourth-order valence-electron chi connectivity index (χ4n) is 1.76. The van der Waals surface area contributed by atoms with Crippen LogP contribution in [-0.4, -0.2) is 9.97 Å². The molecule has 1 unspecified atom stereocenters. The Labute approximate surface area is 126 Å². The van der Waals surface area contributed by atoms with Crippen LogP contribution in [0.2, 0.25) is 0 Å². The van der Waals surface area contributed by atoms with Gasteiger partial charge in [-0.2, -0.15) is 0 Å². The van der Waals surface area contributed by atoms with Crippen molar-refractivity contribution in [2.75, 3.05) is 5.32 Å². The normalized spacial score (nSPS) is 11.9. The average Bonchev–Trinajstić information content (AvgIpc) is 2.39. The highest BCUT2D eigenvalue weighted by molar-refractivity contribution is 9.10. The number of thiocarbonyl (C=S) groups is 1. The minimum atomic E-state index is 0.180. The lowest BCUT2D eigenvalue weighted by molar-refractivity contribution is 0.883. The van der Waals surface area contributed by atoms with Gasteiger partial charge in [-0.3, -0.25) is 4.98 Å². The molecule has 5 heteroatoms. The predicted molar refractivity (Wildman–Crippen MR) is 86.3 cm³/mol. The molecular formula is C14H14BrN3S. The van der Waals surface area contributed by atoms with Crippen molar-refractivity contribution in [3.63, 3.8) is 0 Å². The summed E-state index contributed by atoms with van der Waals surface area (Å²) >= 11 is 8.40. The van der Waals surface area contributed by atoms with E-state index < -0.39 is 0 Å². The molecule has 1 aromatic heterocycles. The molecule has 1 aromatic carbocycles. The van der Waals surface area contributed by atoms with E-state index >= 15 is 0 Å². The highest BCUT2D eigenvalue weighted by Crippen LogP contribution is 2.22. The summed E-state index contributed by atoms with van der Waals surface area (Å²) in [7, 11) is 0. The number of aromatic nitrogens is 1. The van der Waals surface area contributed by atoms with Gasteiger partial charge in [-0.05, 0) is 36.8 Å². The van der Waals surface area contributed by atoms with Crippen molar-refractivity contribution >= 4 is 38.8 Å². The summed E-state index contributed by atoms with van der Waals surface area (Å²) in [5.74, 6) is 0. The quantitative estimate of drug-likeness (QED) is 0.837. The molecule has 0 spiro atoms. The zero-order valence-electron chi connectivity index (χ0n) is 10.4. The van der Waals surface area contributed by atoms with Gasteiger partial charge in [0.25, 0.3) is 0 Å². The first-order chi connectivity index (χ1) is 9.06. The molecule has 0 aliphatic rings. The minimum Gasteiger partial charge on any atom is -0.388 e. The van der Waals surface area contributed by atoms with Crippen LogP contribution in [0.3, 0.4) is 0 Å². The van der Waals surface area contributed by atoms with E-state index in [2.05, 4.69) is 45.3 Å². The fraction of sp³-hybridized carbons (Fsp3) is 0.143. The van der Waals surface area contributed by atoms with Crippen molar-refractivity contribution < 1.29 is 0 Å². The van der Waals surface area contributed by atoms with Gasteiger partial charge in [0.2, 0.25) is 0 Å². The van der Waals surface area contributed by atoms with E-state index in [1.807, 2.05) is 24.3 Å². The summed E-state index contributed by atoms with van der Waals surface area (Å²) in [5.41, 5.74) is 8.35. The summed E-state index contributed by atoms with van der Waals surface area (Å²) in [6.07, 6.45) is 1.70. The largest absolute Gasteiger partial charge is 0.388 e. The Kier molecular flexibility index (Phi) is 4.50. The van der Waals surface area contributed by atoms with Gasteiger partial charge in [0.15, 0.2) is 0 Å². The van der Waals surface area contributed by atoms with Crippen molar-refractivity contribution in [1.29, 1.82) is 0 Å². The molecule has 0 saturated heterocycles. The monoisotopic (exact) mass is 335 g/mol. The third-order valence-corrected chi connectivity index (χ3v) is 3.45. The number of nitrogens with two attached hydrogens (primary N) is 1. The number of halogens is 1. The Morgan fingerprint density at radius 3 is 2.84 bits per heavy atom. The van der Waals surface area contributed by atoms with Crippen molar-refractivity contribution in [1.82, 2.24) is 4.98 Å². The summed E-state index contributed by atoms with van der Waals surface area (Å²) in [4.78, 5) is 4.42. The van der Waals surface area contributed by atoms with Gasteiger partial charge < -0.3 is 11.1 Å². The lowest BCUT2D eigenvalue weighted by atomic mass is 10.1. The molecule has 0 amide bonds. The van der Waals surface area contributed by atoms with Gasteiger partial charge in [0.05, 0.1) is 5.69 Å². The second-order valence-corrected chi connectivity index (χ2v) is 5.57. The zero-order chi connectivity index (χ0) is 13.8. The zero-order valence-corrected chi connectivity index (χ0v) is 12.8. The standard InChI is InChI=1S/C14H14BrN3S/c1-9(10-3-2-4-11(15)7-10)18-12-5-6-17-13(8-12)14(16)19/h2-9H,1H3,(H2,16,19)(H,17,18). The Morgan fingerprint density at radius 2 is 2.16 bits per heavy atom. The van der Waals surface area contributed by atoms with Gasteiger partial charge in [0, 0.05) is 22.4 Å². The number of hydrogen-bond acceptors (Lipinski definition) is 3. The Balaban J connectivity index is 2.17. The fourth-order valence-corrected chi connectivity index (χ4v) is 2.29. The number of nitrogens with one attached hydrogen (secondary N) is 1. The number of hydrogen-bond donors (Lipinski definition) is 2. The van der Waals surface area contributed by atoms with Gasteiger partial charge in [-0.15, -0.1) is 0 Å². The van der Waals surface area contributed by atoms with E-state index in [4.69, 9.17) is 18.0 Å². The second-order valence-electron chi connectivity index (χ2n) is 4.22. The number of nitrogens with zero attached hydrogens (tertiary/aromatic N) is 1. The van der Waals surface area contributed by atoms with Crippen LogP contribution in [0.5, 0.6) is 0 Å². The minimum absolute atomic E-state index is 0.180. The molecule has 1 heterocycles. The first kappa shape index (κ1) is 14.0. The first-order valence-electron chi connectivity index (χ1n) is 5.84. The lowest BCUT2D eigenvalue weighted by Gasteiger charge is -2.16. The van der Waals surface area contributed by atoms with E-state index in [-0.39, 0.29) is 6.04 Å². The van der Waals surface area contributed by atoms with Gasteiger partial charge >= 0.3 is 0 Å². The molecule has 0 bridgehead atoms. The van der Waals surface area contributed by atoms with Crippen molar-refractivity contribution in [3.05, 3.63) is 58.3 Å². The molecule has 98 valence electrons. The molecule has 19 heavy (non-hydrogen) atoms. The third-order valence-electron chi connectivity index (χ3n) is 2.74. The van der Waals surface area contributed by atoms with E-state index in [1.54, 1.807) is 6.20 Å². The molecule has 0 aliphatic heterocycles. The molecule has 1 atom stereocenters.